The number of hydrogen-bond donors (Lipinski definition) is 2. The van der Waals surface area contributed by atoms with Crippen molar-refractivity contribution in [3.05, 3.63) is 57.8 Å². The van der Waals surface area contributed by atoms with Crippen LogP contribution in [0.25, 0.3) is 0 Å². The largest absolute Gasteiger partial charge is 0.478 e. The maximum atomic E-state index is 13.5. The fourth-order valence-electron chi connectivity index (χ4n) is 1.55. The minimum absolute atomic E-state index is 0.0893. The van der Waals surface area contributed by atoms with Crippen LogP contribution in [0.3, 0.4) is 0 Å². The zero-order valence-electron chi connectivity index (χ0n) is 10.0. The van der Waals surface area contributed by atoms with E-state index in [9.17, 15) is 13.6 Å². The maximum absolute atomic E-state index is 13.5. The Labute approximate surface area is 121 Å². The first-order valence-electron chi connectivity index (χ1n) is 5.54. The topological polar surface area (TPSA) is 62.2 Å². The average molecular weight is 343 g/mol. The molecule has 2 rings (SSSR count). The zero-order valence-corrected chi connectivity index (χ0v) is 11.6. The predicted molar refractivity (Wildman–Crippen MR) is 72.6 cm³/mol. The van der Waals surface area contributed by atoms with E-state index in [0.29, 0.717) is 11.8 Å². The van der Waals surface area contributed by atoms with Crippen LogP contribution in [0, 0.1) is 11.6 Å². The zero-order chi connectivity index (χ0) is 14.7. The number of carbonyl (C=O) groups is 1. The third-order valence-electron chi connectivity index (χ3n) is 2.54. The summed E-state index contributed by atoms with van der Waals surface area (Å²) in [4.78, 5) is 14.9. The van der Waals surface area contributed by atoms with Crippen LogP contribution in [0.4, 0.5) is 14.5 Å². The van der Waals surface area contributed by atoms with Crippen molar-refractivity contribution in [3.63, 3.8) is 0 Å². The molecule has 0 atom stereocenters. The summed E-state index contributed by atoms with van der Waals surface area (Å²) in [6, 6.07) is 4.96. The van der Waals surface area contributed by atoms with Crippen LogP contribution in [-0.2, 0) is 6.54 Å². The highest BCUT2D eigenvalue weighted by Gasteiger charge is 2.15. The van der Waals surface area contributed by atoms with Gasteiger partial charge in [-0.2, -0.15) is 0 Å². The number of halogens is 3. The molecule has 0 amide bonds. The molecule has 2 N–H and O–H groups in total. The van der Waals surface area contributed by atoms with Gasteiger partial charge in [-0.25, -0.2) is 13.6 Å². The summed E-state index contributed by atoms with van der Waals surface area (Å²) in [6.07, 6.45) is 1.58. The van der Waals surface area contributed by atoms with E-state index in [1.807, 2.05) is 0 Å². The molecule has 1 heterocycles. The quantitative estimate of drug-likeness (QED) is 0.893. The number of anilines is 1. The SMILES string of the molecule is O=C(O)c1cc(NCc2ccc(Br)cn2)c(F)cc1F. The molecule has 0 aliphatic rings. The molecule has 0 fully saturated rings. The maximum Gasteiger partial charge on any atom is 0.338 e. The second kappa shape index (κ2) is 5.96. The van der Waals surface area contributed by atoms with Gasteiger partial charge in [0.15, 0.2) is 0 Å². The molecular weight excluding hydrogens is 334 g/mol. The van der Waals surface area contributed by atoms with Gasteiger partial charge in [0.05, 0.1) is 23.5 Å². The van der Waals surface area contributed by atoms with Gasteiger partial charge in [0, 0.05) is 16.7 Å². The second-order valence-corrected chi connectivity index (χ2v) is 4.85. The van der Waals surface area contributed by atoms with Gasteiger partial charge < -0.3 is 10.4 Å². The normalized spacial score (nSPS) is 10.3. The Bertz CT molecular complexity index is 648. The first-order valence-corrected chi connectivity index (χ1v) is 6.33. The summed E-state index contributed by atoms with van der Waals surface area (Å²) in [5, 5.41) is 11.5. The molecule has 2 aromatic rings. The fraction of sp³-hybridized carbons (Fsp3) is 0.0769. The van der Waals surface area contributed by atoms with E-state index in [0.717, 1.165) is 10.5 Å². The number of aromatic carboxylic acids is 1. The summed E-state index contributed by atoms with van der Waals surface area (Å²) < 4.78 is 27.6. The van der Waals surface area contributed by atoms with Crippen LogP contribution in [0.5, 0.6) is 0 Å². The molecule has 0 saturated carbocycles. The number of hydrogen-bond acceptors (Lipinski definition) is 3. The van der Waals surface area contributed by atoms with E-state index in [-0.39, 0.29) is 12.2 Å². The third-order valence-corrected chi connectivity index (χ3v) is 3.00. The van der Waals surface area contributed by atoms with Crippen molar-refractivity contribution in [2.45, 2.75) is 6.54 Å². The van der Waals surface area contributed by atoms with Crippen molar-refractivity contribution in [3.8, 4) is 0 Å². The number of pyridine rings is 1. The third kappa shape index (κ3) is 3.30. The van der Waals surface area contributed by atoms with Crippen LogP contribution < -0.4 is 5.32 Å². The molecule has 0 aliphatic heterocycles. The van der Waals surface area contributed by atoms with Crippen LogP contribution in [0.2, 0.25) is 0 Å². The van der Waals surface area contributed by atoms with E-state index in [4.69, 9.17) is 5.11 Å². The number of aromatic nitrogens is 1. The fourth-order valence-corrected chi connectivity index (χ4v) is 1.78. The molecule has 1 aromatic carbocycles. The molecular formula is C13H9BrF2N2O2. The molecule has 0 unspecified atom stereocenters. The Kier molecular flexibility index (Phi) is 4.29. The highest BCUT2D eigenvalue weighted by molar-refractivity contribution is 9.10. The van der Waals surface area contributed by atoms with Gasteiger partial charge in [-0.3, -0.25) is 4.98 Å². The summed E-state index contributed by atoms with van der Waals surface area (Å²) >= 11 is 3.24. The van der Waals surface area contributed by atoms with Gasteiger partial charge in [0.2, 0.25) is 0 Å². The van der Waals surface area contributed by atoms with E-state index >= 15 is 0 Å². The van der Waals surface area contributed by atoms with E-state index < -0.39 is 23.2 Å². The van der Waals surface area contributed by atoms with Crippen LogP contribution in [0.1, 0.15) is 16.1 Å². The predicted octanol–water partition coefficient (Wildman–Crippen LogP) is 3.43. The van der Waals surface area contributed by atoms with Gasteiger partial charge in [-0.15, -0.1) is 0 Å². The molecule has 1 aromatic heterocycles. The van der Waals surface area contributed by atoms with Crippen molar-refractivity contribution in [2.75, 3.05) is 5.32 Å². The Hall–Kier alpha value is -2.02. The van der Waals surface area contributed by atoms with Crippen molar-refractivity contribution in [1.29, 1.82) is 0 Å². The van der Waals surface area contributed by atoms with E-state index in [1.165, 1.54) is 0 Å². The van der Waals surface area contributed by atoms with Crippen LogP contribution in [0.15, 0.2) is 34.9 Å². The molecule has 0 saturated heterocycles. The number of benzene rings is 1. The van der Waals surface area contributed by atoms with Gasteiger partial charge in [0.25, 0.3) is 0 Å². The molecule has 104 valence electrons. The molecule has 20 heavy (non-hydrogen) atoms. The van der Waals surface area contributed by atoms with Gasteiger partial charge in [-0.05, 0) is 34.1 Å². The second-order valence-electron chi connectivity index (χ2n) is 3.94. The number of carboxylic acid groups (broad SMARTS) is 1. The highest BCUT2D eigenvalue weighted by atomic mass is 79.9. The van der Waals surface area contributed by atoms with Crippen molar-refractivity contribution in [1.82, 2.24) is 4.98 Å². The monoisotopic (exact) mass is 342 g/mol. The van der Waals surface area contributed by atoms with Crippen molar-refractivity contribution < 1.29 is 18.7 Å². The standard InChI is InChI=1S/C13H9BrF2N2O2/c14-7-1-2-8(17-5-7)6-18-12-3-9(13(19)20)10(15)4-11(12)16/h1-5,18H,6H2,(H,19,20). The first kappa shape index (κ1) is 14.4. The summed E-state index contributed by atoms with van der Waals surface area (Å²) in [7, 11) is 0. The number of carboxylic acids is 1. The van der Waals surface area contributed by atoms with Crippen LogP contribution >= 0.6 is 15.9 Å². The lowest BCUT2D eigenvalue weighted by Crippen LogP contribution is -2.07. The van der Waals surface area contributed by atoms with Crippen molar-refractivity contribution in [2.24, 2.45) is 0 Å². The molecule has 4 nitrogen and oxygen atoms in total. The van der Waals surface area contributed by atoms with E-state index in [1.54, 1.807) is 18.3 Å². The molecule has 7 heteroatoms. The lowest BCUT2D eigenvalue weighted by Gasteiger charge is -2.09. The molecule has 0 spiro atoms. The molecule has 0 bridgehead atoms. The van der Waals surface area contributed by atoms with Crippen molar-refractivity contribution >= 4 is 27.6 Å². The summed E-state index contributed by atoms with van der Waals surface area (Å²) in [6.45, 7) is 0.189. The smallest absolute Gasteiger partial charge is 0.338 e. The lowest BCUT2D eigenvalue weighted by molar-refractivity contribution is 0.0692. The molecule has 0 aliphatic carbocycles. The van der Waals surface area contributed by atoms with Gasteiger partial charge in [0.1, 0.15) is 11.6 Å². The Morgan fingerprint density at radius 1 is 1.30 bits per heavy atom. The lowest BCUT2D eigenvalue weighted by atomic mass is 10.1. The van der Waals surface area contributed by atoms with Gasteiger partial charge >= 0.3 is 5.97 Å². The number of nitrogens with zero attached hydrogens (tertiary/aromatic N) is 1. The molecule has 0 radical (unpaired) electrons. The summed E-state index contributed by atoms with van der Waals surface area (Å²) in [5.74, 6) is -3.42. The van der Waals surface area contributed by atoms with E-state index in [2.05, 4.69) is 26.2 Å². The average Bonchev–Trinajstić information content (AvgIpc) is 2.39. The van der Waals surface area contributed by atoms with Crippen LogP contribution in [-0.4, -0.2) is 16.1 Å². The Balaban J connectivity index is 2.18. The van der Waals surface area contributed by atoms with Gasteiger partial charge in [-0.1, -0.05) is 0 Å². The number of rotatable bonds is 4. The Morgan fingerprint density at radius 3 is 2.65 bits per heavy atom. The highest BCUT2D eigenvalue weighted by Crippen LogP contribution is 2.20. The Morgan fingerprint density at radius 2 is 2.05 bits per heavy atom. The first-order chi connectivity index (χ1) is 9.47. The summed E-state index contributed by atoms with van der Waals surface area (Å²) in [5.41, 5.74) is -0.0417. The number of nitrogens with one attached hydrogen (secondary N) is 1. The minimum Gasteiger partial charge on any atom is -0.478 e. The minimum atomic E-state index is -1.45.